The van der Waals surface area contributed by atoms with Crippen LogP contribution in [0.2, 0.25) is 0 Å². The Hall–Kier alpha value is -0.160. The molecule has 3 fully saturated rings. The third-order valence-corrected chi connectivity index (χ3v) is 6.08. The van der Waals surface area contributed by atoms with Crippen LogP contribution in [0.4, 0.5) is 0 Å². The van der Waals surface area contributed by atoms with Crippen LogP contribution in [0.1, 0.15) is 39.5 Å². The molecular formula is C17H32N2O2. The van der Waals surface area contributed by atoms with Crippen molar-refractivity contribution in [2.45, 2.75) is 45.1 Å². The van der Waals surface area contributed by atoms with E-state index in [-0.39, 0.29) is 11.0 Å². The molecule has 3 rings (SSSR count). The van der Waals surface area contributed by atoms with E-state index in [1.54, 1.807) is 0 Å². The van der Waals surface area contributed by atoms with E-state index >= 15 is 0 Å². The average Bonchev–Trinajstić information content (AvgIpc) is 2.86. The fourth-order valence-corrected chi connectivity index (χ4v) is 4.68. The van der Waals surface area contributed by atoms with Crippen molar-refractivity contribution < 1.29 is 9.84 Å². The van der Waals surface area contributed by atoms with Crippen LogP contribution in [0.3, 0.4) is 0 Å². The Balaban J connectivity index is 1.62. The topological polar surface area (TPSA) is 35.9 Å². The minimum Gasteiger partial charge on any atom is -0.396 e. The summed E-state index contributed by atoms with van der Waals surface area (Å²) >= 11 is 0. The Morgan fingerprint density at radius 2 is 2.00 bits per heavy atom. The van der Waals surface area contributed by atoms with Crippen LogP contribution < -0.4 is 0 Å². The molecule has 21 heavy (non-hydrogen) atoms. The van der Waals surface area contributed by atoms with Gasteiger partial charge in [0.05, 0.1) is 13.2 Å². The van der Waals surface area contributed by atoms with Crippen molar-refractivity contribution in [3.05, 3.63) is 0 Å². The Labute approximate surface area is 129 Å². The Kier molecular flexibility index (Phi) is 4.60. The van der Waals surface area contributed by atoms with Crippen molar-refractivity contribution in [3.63, 3.8) is 0 Å². The number of hydrogen-bond donors (Lipinski definition) is 1. The zero-order chi connectivity index (χ0) is 14.9. The highest BCUT2D eigenvalue weighted by Gasteiger charge is 2.48. The summed E-state index contributed by atoms with van der Waals surface area (Å²) in [6.07, 6.45) is 5.11. The van der Waals surface area contributed by atoms with E-state index in [1.807, 2.05) is 0 Å². The van der Waals surface area contributed by atoms with Gasteiger partial charge in [-0.05, 0) is 46.2 Å². The first-order valence-electron chi connectivity index (χ1n) is 8.72. The fraction of sp³-hybridized carbons (Fsp3) is 1.00. The van der Waals surface area contributed by atoms with Crippen LogP contribution in [0, 0.1) is 11.3 Å². The van der Waals surface area contributed by atoms with Crippen molar-refractivity contribution >= 4 is 0 Å². The molecule has 3 heterocycles. The summed E-state index contributed by atoms with van der Waals surface area (Å²) in [5.41, 5.74) is 0.349. The predicted molar refractivity (Wildman–Crippen MR) is 84.4 cm³/mol. The Morgan fingerprint density at radius 1 is 1.24 bits per heavy atom. The molecular weight excluding hydrogens is 264 g/mol. The maximum Gasteiger partial charge on any atom is 0.0513 e. The first kappa shape index (κ1) is 15.7. The van der Waals surface area contributed by atoms with Gasteiger partial charge in [0.15, 0.2) is 0 Å². The molecule has 0 aliphatic carbocycles. The number of likely N-dealkylation sites (tertiary alicyclic amines) is 2. The van der Waals surface area contributed by atoms with Crippen LogP contribution in [-0.4, -0.2) is 73.0 Å². The molecule has 0 aromatic rings. The van der Waals surface area contributed by atoms with Gasteiger partial charge in [-0.3, -0.25) is 4.90 Å². The van der Waals surface area contributed by atoms with Gasteiger partial charge in [0.25, 0.3) is 0 Å². The van der Waals surface area contributed by atoms with Gasteiger partial charge in [0, 0.05) is 43.1 Å². The molecule has 0 aromatic carbocycles. The van der Waals surface area contributed by atoms with Crippen LogP contribution in [-0.2, 0) is 4.74 Å². The smallest absolute Gasteiger partial charge is 0.0513 e. The van der Waals surface area contributed by atoms with Gasteiger partial charge < -0.3 is 14.7 Å². The number of piperidine rings is 1. The maximum atomic E-state index is 9.92. The van der Waals surface area contributed by atoms with Crippen molar-refractivity contribution in [3.8, 4) is 0 Å². The van der Waals surface area contributed by atoms with Crippen molar-refractivity contribution in [2.24, 2.45) is 11.3 Å². The number of fused-ring (bicyclic) bond motifs is 1. The molecule has 4 nitrogen and oxygen atoms in total. The normalized spacial score (nSPS) is 35.9. The average molecular weight is 296 g/mol. The van der Waals surface area contributed by atoms with Crippen LogP contribution in [0.25, 0.3) is 0 Å². The summed E-state index contributed by atoms with van der Waals surface area (Å²) in [4.78, 5) is 5.25. The third-order valence-electron chi connectivity index (χ3n) is 6.08. The van der Waals surface area contributed by atoms with E-state index in [0.29, 0.717) is 12.5 Å². The lowest BCUT2D eigenvalue weighted by Crippen LogP contribution is -2.53. The molecule has 0 unspecified atom stereocenters. The number of aliphatic hydroxyl groups is 1. The second-order valence-electron chi connectivity index (χ2n) is 8.07. The highest BCUT2D eigenvalue weighted by Crippen LogP contribution is 2.42. The molecule has 0 aromatic heterocycles. The second kappa shape index (κ2) is 6.15. The number of rotatable bonds is 4. The van der Waals surface area contributed by atoms with Crippen LogP contribution in [0.5, 0.6) is 0 Å². The number of hydrogen-bond acceptors (Lipinski definition) is 4. The van der Waals surface area contributed by atoms with Gasteiger partial charge >= 0.3 is 0 Å². The number of nitrogens with zero attached hydrogens (tertiary/aromatic N) is 2. The van der Waals surface area contributed by atoms with Gasteiger partial charge in [-0.1, -0.05) is 6.42 Å². The van der Waals surface area contributed by atoms with E-state index in [2.05, 4.69) is 23.6 Å². The number of ether oxygens (including phenoxy) is 1. The van der Waals surface area contributed by atoms with Crippen LogP contribution in [0.15, 0.2) is 0 Å². The first-order chi connectivity index (χ1) is 10.1. The van der Waals surface area contributed by atoms with Crippen molar-refractivity contribution in [1.82, 2.24) is 9.80 Å². The zero-order valence-electron chi connectivity index (χ0n) is 13.8. The summed E-state index contributed by atoms with van der Waals surface area (Å²) in [5, 5.41) is 9.92. The quantitative estimate of drug-likeness (QED) is 0.854. The maximum absolute atomic E-state index is 9.92. The van der Waals surface area contributed by atoms with Gasteiger partial charge in [0.1, 0.15) is 0 Å². The highest BCUT2D eigenvalue weighted by molar-refractivity contribution is 5.00. The fourth-order valence-electron chi connectivity index (χ4n) is 4.68. The Morgan fingerprint density at radius 3 is 2.67 bits per heavy atom. The second-order valence-corrected chi connectivity index (χ2v) is 8.07. The van der Waals surface area contributed by atoms with Gasteiger partial charge in [-0.25, -0.2) is 0 Å². The molecule has 3 aliphatic heterocycles. The third kappa shape index (κ3) is 3.14. The molecule has 0 amide bonds. The summed E-state index contributed by atoms with van der Waals surface area (Å²) in [6, 6.07) is 0. The van der Waals surface area contributed by atoms with Gasteiger partial charge in [-0.15, -0.1) is 0 Å². The van der Waals surface area contributed by atoms with E-state index < -0.39 is 0 Å². The molecule has 0 bridgehead atoms. The molecule has 2 atom stereocenters. The van der Waals surface area contributed by atoms with Crippen molar-refractivity contribution in [1.29, 1.82) is 0 Å². The van der Waals surface area contributed by atoms with E-state index in [4.69, 9.17) is 4.74 Å². The van der Waals surface area contributed by atoms with Crippen LogP contribution >= 0.6 is 0 Å². The standard InChI is InChI=1S/C17H32N2O2/c1-16(2,19-7-4-3-5-8-19)12-18-10-15-11-21-9-6-17(15,13-18)14-20/h15,20H,3-14H2,1-2H3/t15-,17-/m1/s1. The lowest BCUT2D eigenvalue weighted by Gasteiger charge is -2.43. The minimum atomic E-state index is 0.107. The molecule has 0 radical (unpaired) electrons. The minimum absolute atomic E-state index is 0.107. The van der Waals surface area contributed by atoms with E-state index in [0.717, 1.165) is 39.3 Å². The SMILES string of the molecule is CC(C)(CN1C[C@@H]2COCC[C@]2(CO)C1)N1CCCCC1. The molecule has 4 heteroatoms. The van der Waals surface area contributed by atoms with Gasteiger partial charge in [-0.2, -0.15) is 0 Å². The molecule has 1 N–H and O–H groups in total. The molecule has 122 valence electrons. The lowest BCUT2D eigenvalue weighted by atomic mass is 9.75. The molecule has 0 saturated carbocycles. The highest BCUT2D eigenvalue weighted by atomic mass is 16.5. The van der Waals surface area contributed by atoms with E-state index in [9.17, 15) is 5.11 Å². The van der Waals surface area contributed by atoms with Gasteiger partial charge in [0.2, 0.25) is 0 Å². The lowest BCUT2D eigenvalue weighted by molar-refractivity contribution is -0.0419. The summed E-state index contributed by atoms with van der Waals surface area (Å²) in [6.45, 7) is 12.5. The Bertz CT molecular complexity index is 355. The molecule has 3 aliphatic rings. The predicted octanol–water partition coefficient (Wildman–Crippen LogP) is 1.58. The zero-order valence-corrected chi connectivity index (χ0v) is 13.8. The summed E-state index contributed by atoms with van der Waals surface area (Å²) in [7, 11) is 0. The van der Waals surface area contributed by atoms with E-state index in [1.165, 1.54) is 32.4 Å². The summed E-state index contributed by atoms with van der Waals surface area (Å²) in [5.74, 6) is 0.522. The number of aliphatic hydroxyl groups excluding tert-OH is 1. The largest absolute Gasteiger partial charge is 0.396 e. The first-order valence-corrected chi connectivity index (χ1v) is 8.72. The van der Waals surface area contributed by atoms with Crippen molar-refractivity contribution in [2.75, 3.05) is 52.5 Å². The molecule has 3 saturated heterocycles. The monoisotopic (exact) mass is 296 g/mol. The molecule has 0 spiro atoms. The summed E-state index contributed by atoms with van der Waals surface area (Å²) < 4.78 is 5.66.